The van der Waals surface area contributed by atoms with E-state index in [-0.39, 0.29) is 23.3 Å². The van der Waals surface area contributed by atoms with Gasteiger partial charge in [-0.15, -0.1) is 0 Å². The molecule has 1 saturated carbocycles. The zero-order valence-corrected chi connectivity index (χ0v) is 17.0. The zero-order chi connectivity index (χ0) is 19.3. The Morgan fingerprint density at radius 2 is 1.96 bits per heavy atom. The second-order valence-electron chi connectivity index (χ2n) is 8.35. The number of hydrogen-bond donors (Lipinski definition) is 2. The van der Waals surface area contributed by atoms with Crippen LogP contribution in [-0.2, 0) is 10.2 Å². The van der Waals surface area contributed by atoms with E-state index in [1.807, 2.05) is 25.8 Å². The van der Waals surface area contributed by atoms with E-state index in [1.54, 1.807) is 0 Å². The van der Waals surface area contributed by atoms with Crippen molar-refractivity contribution in [1.82, 2.24) is 15.5 Å². The molecule has 2 aliphatic rings. The number of aliphatic imine (C=N–C) groups is 1. The molecule has 2 fully saturated rings. The van der Waals surface area contributed by atoms with Gasteiger partial charge in [-0.1, -0.05) is 57.0 Å². The second-order valence-corrected chi connectivity index (χ2v) is 8.35. The predicted molar refractivity (Wildman–Crippen MR) is 111 cm³/mol. The van der Waals surface area contributed by atoms with Crippen LogP contribution in [0.15, 0.2) is 35.3 Å². The molecule has 0 spiro atoms. The highest BCUT2D eigenvalue weighted by molar-refractivity contribution is 5.81. The predicted octanol–water partition coefficient (Wildman–Crippen LogP) is 2.92. The van der Waals surface area contributed by atoms with Crippen LogP contribution in [0.3, 0.4) is 0 Å². The van der Waals surface area contributed by atoms with E-state index in [4.69, 9.17) is 0 Å². The maximum atomic E-state index is 12.2. The first-order valence-electron chi connectivity index (χ1n) is 10.4. The maximum absolute atomic E-state index is 12.2. The van der Waals surface area contributed by atoms with Gasteiger partial charge in [0, 0.05) is 44.1 Å². The van der Waals surface area contributed by atoms with E-state index in [0.29, 0.717) is 0 Å². The summed E-state index contributed by atoms with van der Waals surface area (Å²) in [7, 11) is 1.82. The number of carbonyl (C=O) groups excluding carboxylic acids is 1. The highest BCUT2D eigenvalue weighted by atomic mass is 16.2. The molecule has 1 aliphatic heterocycles. The lowest BCUT2D eigenvalue weighted by Gasteiger charge is -2.31. The van der Waals surface area contributed by atoms with Gasteiger partial charge in [0.15, 0.2) is 5.96 Å². The zero-order valence-electron chi connectivity index (χ0n) is 17.0. The number of nitrogens with zero attached hydrogens (tertiary/aromatic N) is 2. The number of amides is 1. The quantitative estimate of drug-likeness (QED) is 0.619. The fourth-order valence-electron chi connectivity index (χ4n) is 4.50. The first kappa shape index (κ1) is 19.7. The van der Waals surface area contributed by atoms with Crippen molar-refractivity contribution in [3.63, 3.8) is 0 Å². The van der Waals surface area contributed by atoms with Gasteiger partial charge >= 0.3 is 0 Å². The molecule has 1 heterocycles. The molecule has 27 heavy (non-hydrogen) atoms. The van der Waals surface area contributed by atoms with Gasteiger partial charge in [-0.25, -0.2) is 0 Å². The van der Waals surface area contributed by atoms with E-state index in [2.05, 4.69) is 46.0 Å². The van der Waals surface area contributed by atoms with Crippen molar-refractivity contribution in [2.24, 2.45) is 10.9 Å². The summed E-state index contributed by atoms with van der Waals surface area (Å²) in [6.07, 6.45) is 6.00. The molecule has 5 heteroatoms. The van der Waals surface area contributed by atoms with Crippen molar-refractivity contribution in [1.29, 1.82) is 0 Å². The SMILES string of the molecule is CN=C(NCC1(c2ccccc2)CCCC1)NC1CCN(C(=O)C(C)C)C1. The van der Waals surface area contributed by atoms with Gasteiger partial charge in [0.1, 0.15) is 0 Å². The van der Waals surface area contributed by atoms with Crippen LogP contribution < -0.4 is 10.6 Å². The molecule has 0 bridgehead atoms. The lowest BCUT2D eigenvalue weighted by Crippen LogP contribution is -2.48. The third-order valence-electron chi connectivity index (χ3n) is 6.10. The Labute approximate surface area is 163 Å². The molecule has 148 valence electrons. The van der Waals surface area contributed by atoms with Gasteiger partial charge in [0.25, 0.3) is 0 Å². The van der Waals surface area contributed by atoms with Crippen LogP contribution in [0.5, 0.6) is 0 Å². The summed E-state index contributed by atoms with van der Waals surface area (Å²) in [5, 5.41) is 7.11. The highest BCUT2D eigenvalue weighted by Crippen LogP contribution is 2.40. The normalized spacial score (nSPS) is 22.3. The van der Waals surface area contributed by atoms with E-state index in [1.165, 1.54) is 31.2 Å². The Morgan fingerprint density at radius 1 is 1.26 bits per heavy atom. The molecule has 1 atom stereocenters. The summed E-state index contributed by atoms with van der Waals surface area (Å²) in [5.41, 5.74) is 1.63. The molecule has 5 nitrogen and oxygen atoms in total. The molecule has 1 amide bonds. The molecule has 3 rings (SSSR count). The Kier molecular flexibility index (Phi) is 6.40. The Bertz CT molecular complexity index is 650. The summed E-state index contributed by atoms with van der Waals surface area (Å²) >= 11 is 0. The smallest absolute Gasteiger partial charge is 0.225 e. The summed E-state index contributed by atoms with van der Waals surface area (Å²) < 4.78 is 0. The van der Waals surface area contributed by atoms with Crippen LogP contribution in [0.25, 0.3) is 0 Å². The van der Waals surface area contributed by atoms with Crippen molar-refractivity contribution in [2.45, 2.75) is 57.4 Å². The summed E-state index contributed by atoms with van der Waals surface area (Å²) in [4.78, 5) is 18.6. The molecule has 0 radical (unpaired) electrons. The Balaban J connectivity index is 1.57. The van der Waals surface area contributed by atoms with Gasteiger partial charge in [0.2, 0.25) is 5.91 Å². The Hall–Kier alpha value is -2.04. The summed E-state index contributed by atoms with van der Waals surface area (Å²) in [6.45, 7) is 6.43. The molecule has 1 aromatic carbocycles. The first-order valence-corrected chi connectivity index (χ1v) is 10.4. The van der Waals surface area contributed by atoms with E-state index in [9.17, 15) is 4.79 Å². The van der Waals surface area contributed by atoms with Crippen molar-refractivity contribution in [3.8, 4) is 0 Å². The number of nitrogens with one attached hydrogen (secondary N) is 2. The minimum Gasteiger partial charge on any atom is -0.356 e. The second kappa shape index (κ2) is 8.77. The number of guanidine groups is 1. The molecule has 1 aromatic rings. The first-order chi connectivity index (χ1) is 13.0. The van der Waals surface area contributed by atoms with Crippen LogP contribution in [0, 0.1) is 5.92 Å². The minimum absolute atomic E-state index is 0.0642. The average Bonchev–Trinajstić information content (AvgIpc) is 3.35. The van der Waals surface area contributed by atoms with Gasteiger partial charge in [-0.05, 0) is 24.8 Å². The van der Waals surface area contributed by atoms with Crippen LogP contribution in [0.4, 0.5) is 0 Å². The Morgan fingerprint density at radius 3 is 2.59 bits per heavy atom. The molecule has 0 aromatic heterocycles. The monoisotopic (exact) mass is 370 g/mol. The number of rotatable bonds is 5. The summed E-state index contributed by atoms with van der Waals surface area (Å²) in [5.74, 6) is 1.16. The minimum atomic E-state index is 0.0642. The average molecular weight is 371 g/mol. The topological polar surface area (TPSA) is 56.7 Å². The molecule has 1 unspecified atom stereocenters. The summed E-state index contributed by atoms with van der Waals surface area (Å²) in [6, 6.07) is 11.2. The van der Waals surface area contributed by atoms with Gasteiger partial charge in [0.05, 0.1) is 0 Å². The van der Waals surface area contributed by atoms with Gasteiger partial charge < -0.3 is 15.5 Å². The molecule has 2 N–H and O–H groups in total. The van der Waals surface area contributed by atoms with Gasteiger partial charge in [-0.3, -0.25) is 9.79 Å². The van der Waals surface area contributed by atoms with Crippen LogP contribution in [0.2, 0.25) is 0 Å². The third kappa shape index (κ3) is 4.63. The molecular formula is C22H34N4O. The number of carbonyl (C=O) groups is 1. The van der Waals surface area contributed by atoms with Crippen molar-refractivity contribution >= 4 is 11.9 Å². The highest BCUT2D eigenvalue weighted by Gasteiger charge is 2.36. The van der Waals surface area contributed by atoms with E-state index >= 15 is 0 Å². The van der Waals surface area contributed by atoms with Crippen molar-refractivity contribution in [2.75, 3.05) is 26.7 Å². The van der Waals surface area contributed by atoms with E-state index < -0.39 is 0 Å². The number of likely N-dealkylation sites (tertiary alicyclic amines) is 1. The fraction of sp³-hybridized carbons (Fsp3) is 0.636. The lowest BCUT2D eigenvalue weighted by molar-refractivity contribution is -0.133. The molecule has 1 aliphatic carbocycles. The van der Waals surface area contributed by atoms with Crippen LogP contribution in [-0.4, -0.2) is 49.5 Å². The number of benzene rings is 1. The standard InChI is InChI=1S/C22H34N4O/c1-17(2)20(27)26-14-11-19(15-26)25-21(23-3)24-16-22(12-7-8-13-22)18-9-5-4-6-10-18/h4-6,9-10,17,19H,7-8,11-16H2,1-3H3,(H2,23,24,25). The van der Waals surface area contributed by atoms with Crippen molar-refractivity contribution in [3.05, 3.63) is 35.9 Å². The maximum Gasteiger partial charge on any atom is 0.225 e. The number of hydrogen-bond acceptors (Lipinski definition) is 2. The van der Waals surface area contributed by atoms with Crippen LogP contribution in [0.1, 0.15) is 51.5 Å². The molecule has 1 saturated heterocycles. The largest absolute Gasteiger partial charge is 0.356 e. The van der Waals surface area contributed by atoms with Crippen LogP contribution >= 0.6 is 0 Å². The third-order valence-corrected chi connectivity index (χ3v) is 6.10. The van der Waals surface area contributed by atoms with E-state index in [0.717, 1.165) is 32.0 Å². The fourth-order valence-corrected chi connectivity index (χ4v) is 4.50. The molecular weight excluding hydrogens is 336 g/mol. The van der Waals surface area contributed by atoms with Crippen molar-refractivity contribution < 1.29 is 4.79 Å². The lowest BCUT2D eigenvalue weighted by atomic mass is 9.79. The van der Waals surface area contributed by atoms with Gasteiger partial charge in [-0.2, -0.15) is 0 Å².